The Morgan fingerprint density at radius 1 is 1.55 bits per heavy atom. The van der Waals surface area contributed by atoms with Gasteiger partial charge in [-0.25, -0.2) is 0 Å². The van der Waals surface area contributed by atoms with Crippen LogP contribution in [0.5, 0.6) is 0 Å². The molecule has 1 heterocycles. The van der Waals surface area contributed by atoms with Gasteiger partial charge in [0, 0.05) is 26.7 Å². The van der Waals surface area contributed by atoms with Crippen LogP contribution in [0.1, 0.15) is 35.9 Å². The number of amides is 1. The monoisotopic (exact) mass is 280 g/mol. The van der Waals surface area contributed by atoms with E-state index in [1.807, 2.05) is 13.8 Å². The van der Waals surface area contributed by atoms with Crippen molar-refractivity contribution in [3.8, 4) is 0 Å². The maximum absolute atomic E-state index is 12.4. The molecule has 1 aromatic rings. The normalized spacial score (nSPS) is 14.6. The summed E-state index contributed by atoms with van der Waals surface area (Å²) >= 11 is 0. The minimum atomic E-state index is -0.0972. The third-order valence-corrected chi connectivity index (χ3v) is 3.64. The molecule has 6 nitrogen and oxygen atoms in total. The van der Waals surface area contributed by atoms with Gasteiger partial charge < -0.3 is 15.4 Å². The Labute approximate surface area is 119 Å². The van der Waals surface area contributed by atoms with Gasteiger partial charge in [-0.1, -0.05) is 0 Å². The van der Waals surface area contributed by atoms with E-state index in [0.29, 0.717) is 36.8 Å². The summed E-state index contributed by atoms with van der Waals surface area (Å²) in [5.41, 5.74) is 7.62. The third-order valence-electron chi connectivity index (χ3n) is 3.64. The first kappa shape index (κ1) is 14.8. The minimum Gasteiger partial charge on any atom is -0.395 e. The SMILES string of the molecule is CCn1nc(C)c(N)c1C(=O)N(C)CCOCC1CC1. The lowest BCUT2D eigenvalue weighted by Crippen LogP contribution is -2.32. The first-order valence-electron chi connectivity index (χ1n) is 7.20. The molecule has 0 atom stereocenters. The van der Waals surface area contributed by atoms with E-state index in [1.54, 1.807) is 16.6 Å². The van der Waals surface area contributed by atoms with Crippen LogP contribution >= 0.6 is 0 Å². The van der Waals surface area contributed by atoms with Crippen LogP contribution in [0.25, 0.3) is 0 Å². The number of anilines is 1. The van der Waals surface area contributed by atoms with E-state index in [9.17, 15) is 4.79 Å². The quantitative estimate of drug-likeness (QED) is 0.764. The minimum absolute atomic E-state index is 0.0972. The fraction of sp³-hybridized carbons (Fsp3) is 0.714. The number of aryl methyl sites for hydroxylation is 2. The number of carbonyl (C=O) groups is 1. The van der Waals surface area contributed by atoms with Crippen LogP contribution in [-0.2, 0) is 11.3 Å². The molecule has 2 rings (SSSR count). The number of aromatic nitrogens is 2. The van der Waals surface area contributed by atoms with E-state index in [1.165, 1.54) is 12.8 Å². The molecule has 1 fully saturated rings. The lowest BCUT2D eigenvalue weighted by Gasteiger charge is -2.18. The van der Waals surface area contributed by atoms with Gasteiger partial charge in [0.25, 0.3) is 5.91 Å². The van der Waals surface area contributed by atoms with Crippen LogP contribution in [0.2, 0.25) is 0 Å². The molecule has 0 saturated heterocycles. The van der Waals surface area contributed by atoms with Crippen molar-refractivity contribution >= 4 is 11.6 Å². The smallest absolute Gasteiger partial charge is 0.274 e. The molecular weight excluding hydrogens is 256 g/mol. The molecule has 112 valence electrons. The van der Waals surface area contributed by atoms with Crippen LogP contribution in [0.3, 0.4) is 0 Å². The number of likely N-dealkylation sites (N-methyl/N-ethyl adjacent to an activating group) is 1. The summed E-state index contributed by atoms with van der Waals surface area (Å²) in [4.78, 5) is 14.1. The Balaban J connectivity index is 1.91. The van der Waals surface area contributed by atoms with Crippen molar-refractivity contribution < 1.29 is 9.53 Å². The molecule has 0 aliphatic heterocycles. The van der Waals surface area contributed by atoms with Gasteiger partial charge in [0.05, 0.1) is 18.0 Å². The molecular formula is C14H24N4O2. The van der Waals surface area contributed by atoms with Crippen molar-refractivity contribution in [3.05, 3.63) is 11.4 Å². The van der Waals surface area contributed by atoms with Gasteiger partial charge in [-0.3, -0.25) is 9.48 Å². The van der Waals surface area contributed by atoms with Crippen molar-refractivity contribution in [3.63, 3.8) is 0 Å². The fourth-order valence-electron chi connectivity index (χ4n) is 2.07. The van der Waals surface area contributed by atoms with E-state index in [0.717, 1.165) is 12.5 Å². The summed E-state index contributed by atoms with van der Waals surface area (Å²) in [6.45, 7) is 6.34. The van der Waals surface area contributed by atoms with Crippen molar-refractivity contribution in [2.45, 2.75) is 33.2 Å². The standard InChI is InChI=1S/C14H24N4O2/c1-4-18-13(12(15)10(2)16-18)14(19)17(3)7-8-20-9-11-5-6-11/h11H,4-9,15H2,1-3H3. The second kappa shape index (κ2) is 6.26. The summed E-state index contributed by atoms with van der Waals surface area (Å²) < 4.78 is 7.22. The molecule has 20 heavy (non-hydrogen) atoms. The highest BCUT2D eigenvalue weighted by atomic mass is 16.5. The molecule has 0 unspecified atom stereocenters. The van der Waals surface area contributed by atoms with Gasteiger partial charge in [0.1, 0.15) is 5.69 Å². The first-order chi connectivity index (χ1) is 9.54. The number of carbonyl (C=O) groups excluding carboxylic acids is 1. The number of nitrogens with two attached hydrogens (primary N) is 1. The maximum Gasteiger partial charge on any atom is 0.274 e. The van der Waals surface area contributed by atoms with E-state index in [4.69, 9.17) is 10.5 Å². The highest BCUT2D eigenvalue weighted by molar-refractivity contribution is 5.97. The summed E-state index contributed by atoms with van der Waals surface area (Å²) in [5.74, 6) is 0.649. The van der Waals surface area contributed by atoms with Crippen LogP contribution in [0, 0.1) is 12.8 Å². The highest BCUT2D eigenvalue weighted by Crippen LogP contribution is 2.28. The molecule has 0 bridgehead atoms. The Morgan fingerprint density at radius 2 is 2.25 bits per heavy atom. The van der Waals surface area contributed by atoms with Gasteiger partial charge >= 0.3 is 0 Å². The van der Waals surface area contributed by atoms with Crippen LogP contribution < -0.4 is 5.73 Å². The van der Waals surface area contributed by atoms with Crippen molar-refractivity contribution in [1.29, 1.82) is 0 Å². The van der Waals surface area contributed by atoms with E-state index in [2.05, 4.69) is 5.10 Å². The number of rotatable bonds is 7. The summed E-state index contributed by atoms with van der Waals surface area (Å²) in [7, 11) is 1.77. The zero-order valence-corrected chi connectivity index (χ0v) is 12.6. The van der Waals surface area contributed by atoms with Gasteiger partial charge in [0.2, 0.25) is 0 Å². The van der Waals surface area contributed by atoms with Gasteiger partial charge in [-0.05, 0) is 32.6 Å². The van der Waals surface area contributed by atoms with E-state index >= 15 is 0 Å². The molecule has 1 amide bonds. The van der Waals surface area contributed by atoms with Gasteiger partial charge in [0.15, 0.2) is 0 Å². The van der Waals surface area contributed by atoms with Gasteiger partial charge in [-0.2, -0.15) is 5.10 Å². The van der Waals surface area contributed by atoms with Crippen molar-refractivity contribution in [2.75, 3.05) is 32.5 Å². The Hall–Kier alpha value is -1.56. The van der Waals surface area contributed by atoms with Crippen LogP contribution in [0.15, 0.2) is 0 Å². The van der Waals surface area contributed by atoms with Crippen molar-refractivity contribution in [1.82, 2.24) is 14.7 Å². The average molecular weight is 280 g/mol. The molecule has 0 radical (unpaired) electrons. The number of hydrogen-bond acceptors (Lipinski definition) is 4. The molecule has 1 aromatic heterocycles. The molecule has 6 heteroatoms. The maximum atomic E-state index is 12.4. The summed E-state index contributed by atoms with van der Waals surface area (Å²) in [6.07, 6.45) is 2.56. The molecule has 2 N–H and O–H groups in total. The molecule has 0 aromatic carbocycles. The van der Waals surface area contributed by atoms with E-state index in [-0.39, 0.29) is 5.91 Å². The molecule has 1 aliphatic carbocycles. The lowest BCUT2D eigenvalue weighted by molar-refractivity contribution is 0.0671. The predicted octanol–water partition coefficient (Wildman–Crippen LogP) is 1.29. The fourth-order valence-corrected chi connectivity index (χ4v) is 2.07. The Kier molecular flexibility index (Phi) is 4.65. The number of hydrogen-bond donors (Lipinski definition) is 1. The number of nitrogens with zero attached hydrogens (tertiary/aromatic N) is 3. The summed E-state index contributed by atoms with van der Waals surface area (Å²) in [5, 5.41) is 4.27. The lowest BCUT2D eigenvalue weighted by atomic mass is 10.2. The van der Waals surface area contributed by atoms with E-state index < -0.39 is 0 Å². The predicted molar refractivity (Wildman–Crippen MR) is 77.6 cm³/mol. The van der Waals surface area contributed by atoms with Crippen LogP contribution in [0.4, 0.5) is 5.69 Å². The molecule has 1 aliphatic rings. The largest absolute Gasteiger partial charge is 0.395 e. The number of nitrogen functional groups attached to an aromatic ring is 1. The van der Waals surface area contributed by atoms with Crippen molar-refractivity contribution in [2.24, 2.45) is 5.92 Å². The zero-order chi connectivity index (χ0) is 14.7. The Morgan fingerprint density at radius 3 is 2.85 bits per heavy atom. The topological polar surface area (TPSA) is 73.4 Å². The highest BCUT2D eigenvalue weighted by Gasteiger charge is 2.23. The zero-order valence-electron chi connectivity index (χ0n) is 12.6. The second-order valence-corrected chi connectivity index (χ2v) is 5.41. The first-order valence-corrected chi connectivity index (χ1v) is 7.20. The Bertz CT molecular complexity index is 480. The summed E-state index contributed by atoms with van der Waals surface area (Å²) in [6, 6.07) is 0. The van der Waals surface area contributed by atoms with Crippen LogP contribution in [-0.4, -0.2) is 47.4 Å². The second-order valence-electron chi connectivity index (χ2n) is 5.41. The van der Waals surface area contributed by atoms with Gasteiger partial charge in [-0.15, -0.1) is 0 Å². The molecule has 1 saturated carbocycles. The number of ether oxygens (including phenoxy) is 1. The molecule has 0 spiro atoms. The third kappa shape index (κ3) is 3.30. The average Bonchev–Trinajstić information content (AvgIpc) is 3.21.